The Morgan fingerprint density at radius 2 is 1.84 bits per heavy atom. The van der Waals surface area contributed by atoms with Gasteiger partial charge in [-0.2, -0.15) is 0 Å². The minimum absolute atomic E-state index is 0.241. The Bertz CT molecular complexity index is 677. The summed E-state index contributed by atoms with van der Waals surface area (Å²) in [5, 5.41) is 17.6. The molecule has 2 aromatic carbocycles. The Labute approximate surface area is 111 Å². The summed E-state index contributed by atoms with van der Waals surface area (Å²) in [5.74, 6) is 0.241. The third-order valence-corrected chi connectivity index (χ3v) is 2.93. The lowest BCUT2D eigenvalue weighted by molar-refractivity contribution is 0.475. The highest BCUT2D eigenvalue weighted by Gasteiger charge is 2.07. The van der Waals surface area contributed by atoms with Crippen LogP contribution in [0.25, 0.3) is 11.3 Å². The number of aromatic nitrogens is 3. The van der Waals surface area contributed by atoms with Crippen LogP contribution in [0.1, 0.15) is 5.56 Å². The Hall–Kier alpha value is -2.62. The van der Waals surface area contributed by atoms with Gasteiger partial charge < -0.3 is 5.11 Å². The third-order valence-electron chi connectivity index (χ3n) is 2.93. The van der Waals surface area contributed by atoms with Crippen molar-refractivity contribution in [2.45, 2.75) is 6.54 Å². The van der Waals surface area contributed by atoms with Gasteiger partial charge in [-0.25, -0.2) is 4.68 Å². The number of phenols is 1. The standard InChI is InChI=1S/C15H13N3O/c19-14-8-4-7-13(9-14)15-10-16-17-18(15)11-12-5-2-1-3-6-12/h1-10,19H,11H2. The molecule has 0 saturated heterocycles. The van der Waals surface area contributed by atoms with E-state index in [4.69, 9.17) is 0 Å². The fraction of sp³-hybridized carbons (Fsp3) is 0.0667. The third kappa shape index (κ3) is 2.47. The van der Waals surface area contributed by atoms with E-state index in [9.17, 15) is 5.11 Å². The van der Waals surface area contributed by atoms with Crippen molar-refractivity contribution in [1.82, 2.24) is 15.0 Å². The minimum Gasteiger partial charge on any atom is -0.508 e. The van der Waals surface area contributed by atoms with Gasteiger partial charge in [-0.15, -0.1) is 5.10 Å². The predicted octanol–water partition coefficient (Wildman–Crippen LogP) is 2.70. The molecule has 0 atom stereocenters. The molecule has 4 nitrogen and oxygen atoms in total. The van der Waals surface area contributed by atoms with Crippen LogP contribution in [0.5, 0.6) is 5.75 Å². The molecule has 3 rings (SSSR count). The molecule has 4 heteroatoms. The topological polar surface area (TPSA) is 50.9 Å². The summed E-state index contributed by atoms with van der Waals surface area (Å²) in [6.45, 7) is 0.659. The summed E-state index contributed by atoms with van der Waals surface area (Å²) in [4.78, 5) is 0. The van der Waals surface area contributed by atoms with Gasteiger partial charge in [0.2, 0.25) is 0 Å². The Morgan fingerprint density at radius 3 is 2.63 bits per heavy atom. The van der Waals surface area contributed by atoms with Crippen molar-refractivity contribution in [3.05, 3.63) is 66.4 Å². The predicted molar refractivity (Wildman–Crippen MR) is 72.7 cm³/mol. The fourth-order valence-corrected chi connectivity index (χ4v) is 2.02. The summed E-state index contributed by atoms with van der Waals surface area (Å²) >= 11 is 0. The van der Waals surface area contributed by atoms with E-state index in [0.717, 1.165) is 16.8 Å². The Balaban J connectivity index is 1.95. The van der Waals surface area contributed by atoms with E-state index in [1.54, 1.807) is 18.3 Å². The molecule has 0 radical (unpaired) electrons. The average molecular weight is 251 g/mol. The highest BCUT2D eigenvalue weighted by molar-refractivity contribution is 5.60. The molecular weight excluding hydrogens is 238 g/mol. The molecule has 1 aromatic heterocycles. The number of aromatic hydroxyl groups is 1. The first-order chi connectivity index (χ1) is 9.33. The van der Waals surface area contributed by atoms with Gasteiger partial charge in [-0.1, -0.05) is 47.7 Å². The summed E-state index contributed by atoms with van der Waals surface area (Å²) in [5.41, 5.74) is 2.95. The zero-order valence-corrected chi connectivity index (χ0v) is 10.3. The lowest BCUT2D eigenvalue weighted by Gasteiger charge is -2.06. The van der Waals surface area contributed by atoms with Crippen LogP contribution in [0, 0.1) is 0 Å². The number of hydrogen-bond acceptors (Lipinski definition) is 3. The van der Waals surface area contributed by atoms with Crippen molar-refractivity contribution in [2.75, 3.05) is 0 Å². The van der Waals surface area contributed by atoms with Crippen LogP contribution in [-0.4, -0.2) is 20.1 Å². The maximum Gasteiger partial charge on any atom is 0.116 e. The maximum absolute atomic E-state index is 9.54. The Kier molecular flexibility index (Phi) is 2.98. The van der Waals surface area contributed by atoms with E-state index < -0.39 is 0 Å². The summed E-state index contributed by atoms with van der Waals surface area (Å²) in [7, 11) is 0. The van der Waals surface area contributed by atoms with Crippen LogP contribution in [0.15, 0.2) is 60.8 Å². The lowest BCUT2D eigenvalue weighted by atomic mass is 10.1. The van der Waals surface area contributed by atoms with Crippen LogP contribution in [0.3, 0.4) is 0 Å². The maximum atomic E-state index is 9.54. The van der Waals surface area contributed by atoms with Crippen molar-refractivity contribution < 1.29 is 5.11 Å². The molecule has 0 aliphatic carbocycles. The van der Waals surface area contributed by atoms with Gasteiger partial charge in [0.1, 0.15) is 5.75 Å². The summed E-state index contributed by atoms with van der Waals surface area (Å²) < 4.78 is 1.82. The molecule has 0 bridgehead atoms. The number of benzene rings is 2. The van der Waals surface area contributed by atoms with Crippen molar-refractivity contribution in [3.63, 3.8) is 0 Å². The molecule has 19 heavy (non-hydrogen) atoms. The van der Waals surface area contributed by atoms with E-state index >= 15 is 0 Å². The van der Waals surface area contributed by atoms with Gasteiger partial charge in [0.05, 0.1) is 18.4 Å². The lowest BCUT2D eigenvalue weighted by Crippen LogP contribution is -2.03. The number of phenolic OH excluding ortho intramolecular Hbond substituents is 1. The van der Waals surface area contributed by atoms with Gasteiger partial charge in [0.15, 0.2) is 0 Å². The normalized spacial score (nSPS) is 10.5. The summed E-state index contributed by atoms with van der Waals surface area (Å²) in [6.07, 6.45) is 1.71. The number of nitrogens with zero attached hydrogens (tertiary/aromatic N) is 3. The van der Waals surface area contributed by atoms with E-state index in [0.29, 0.717) is 6.54 Å². The Morgan fingerprint density at radius 1 is 1.00 bits per heavy atom. The fourth-order valence-electron chi connectivity index (χ4n) is 2.02. The monoisotopic (exact) mass is 251 g/mol. The quantitative estimate of drug-likeness (QED) is 0.778. The van der Waals surface area contributed by atoms with Gasteiger partial charge in [-0.3, -0.25) is 0 Å². The average Bonchev–Trinajstić information content (AvgIpc) is 2.88. The van der Waals surface area contributed by atoms with E-state index in [-0.39, 0.29) is 5.75 Å². The first kappa shape index (κ1) is 11.5. The van der Waals surface area contributed by atoms with Crippen molar-refractivity contribution in [1.29, 1.82) is 0 Å². The SMILES string of the molecule is Oc1cccc(-c2cnnn2Cc2ccccc2)c1. The molecule has 94 valence electrons. The van der Waals surface area contributed by atoms with Gasteiger partial charge >= 0.3 is 0 Å². The molecule has 3 aromatic rings. The second-order valence-corrected chi connectivity index (χ2v) is 4.31. The van der Waals surface area contributed by atoms with E-state index in [2.05, 4.69) is 10.3 Å². The first-order valence-electron chi connectivity index (χ1n) is 6.05. The van der Waals surface area contributed by atoms with Gasteiger partial charge in [-0.05, 0) is 17.7 Å². The molecule has 0 unspecified atom stereocenters. The van der Waals surface area contributed by atoms with Gasteiger partial charge in [0, 0.05) is 5.56 Å². The molecule has 0 amide bonds. The van der Waals surface area contributed by atoms with Crippen LogP contribution < -0.4 is 0 Å². The van der Waals surface area contributed by atoms with Crippen LogP contribution in [-0.2, 0) is 6.54 Å². The zero-order valence-electron chi connectivity index (χ0n) is 10.3. The first-order valence-corrected chi connectivity index (χ1v) is 6.05. The molecule has 0 aliphatic rings. The minimum atomic E-state index is 0.241. The van der Waals surface area contributed by atoms with Crippen LogP contribution >= 0.6 is 0 Å². The van der Waals surface area contributed by atoms with Crippen molar-refractivity contribution in [3.8, 4) is 17.0 Å². The second kappa shape index (κ2) is 4.94. The van der Waals surface area contributed by atoms with Gasteiger partial charge in [0.25, 0.3) is 0 Å². The van der Waals surface area contributed by atoms with E-state index in [1.165, 1.54) is 0 Å². The molecule has 0 aliphatic heterocycles. The smallest absolute Gasteiger partial charge is 0.116 e. The second-order valence-electron chi connectivity index (χ2n) is 4.31. The largest absolute Gasteiger partial charge is 0.508 e. The van der Waals surface area contributed by atoms with Crippen molar-refractivity contribution >= 4 is 0 Å². The number of rotatable bonds is 3. The van der Waals surface area contributed by atoms with E-state index in [1.807, 2.05) is 47.1 Å². The summed E-state index contributed by atoms with van der Waals surface area (Å²) in [6, 6.07) is 17.2. The molecule has 0 spiro atoms. The molecule has 1 N–H and O–H groups in total. The highest BCUT2D eigenvalue weighted by Crippen LogP contribution is 2.22. The molecular formula is C15H13N3O. The van der Waals surface area contributed by atoms with Crippen LogP contribution in [0.4, 0.5) is 0 Å². The van der Waals surface area contributed by atoms with Crippen molar-refractivity contribution in [2.24, 2.45) is 0 Å². The highest BCUT2D eigenvalue weighted by atomic mass is 16.3. The zero-order chi connectivity index (χ0) is 13.1. The molecule has 0 fully saturated rings. The van der Waals surface area contributed by atoms with Crippen LogP contribution in [0.2, 0.25) is 0 Å². The molecule has 0 saturated carbocycles. The molecule has 1 heterocycles. The number of hydrogen-bond donors (Lipinski definition) is 1.